The highest BCUT2D eigenvalue weighted by molar-refractivity contribution is 5.84. The molecule has 1 aromatic heterocycles. The van der Waals surface area contributed by atoms with Crippen LogP contribution >= 0.6 is 0 Å². The monoisotopic (exact) mass is 286 g/mol. The van der Waals surface area contributed by atoms with Crippen molar-refractivity contribution in [1.82, 2.24) is 19.9 Å². The molecular weight excluding hydrogens is 268 g/mol. The van der Waals surface area contributed by atoms with Crippen LogP contribution in [-0.2, 0) is 6.54 Å². The first-order valence-corrected chi connectivity index (χ1v) is 6.96. The van der Waals surface area contributed by atoms with Gasteiger partial charge in [-0.3, -0.25) is 4.90 Å². The van der Waals surface area contributed by atoms with Gasteiger partial charge < -0.3 is 5.11 Å². The van der Waals surface area contributed by atoms with E-state index >= 15 is 0 Å². The summed E-state index contributed by atoms with van der Waals surface area (Å²) in [5.74, 6) is -1.03. The molecule has 0 atom stereocenters. The van der Waals surface area contributed by atoms with Gasteiger partial charge in [-0.25, -0.2) is 9.48 Å². The molecule has 0 radical (unpaired) electrons. The molecule has 6 nitrogen and oxygen atoms in total. The van der Waals surface area contributed by atoms with Gasteiger partial charge in [-0.1, -0.05) is 29.0 Å². The van der Waals surface area contributed by atoms with E-state index in [4.69, 9.17) is 5.11 Å². The summed E-state index contributed by atoms with van der Waals surface area (Å²) in [5.41, 5.74) is 3.93. The first-order chi connectivity index (χ1) is 10.0. The molecule has 110 valence electrons. The molecule has 2 aromatic rings. The Labute approximate surface area is 123 Å². The van der Waals surface area contributed by atoms with Gasteiger partial charge in [0.05, 0.1) is 12.2 Å². The van der Waals surface area contributed by atoms with Crippen molar-refractivity contribution in [1.29, 1.82) is 0 Å². The van der Waals surface area contributed by atoms with Gasteiger partial charge >= 0.3 is 5.97 Å². The minimum atomic E-state index is -1.03. The second kappa shape index (κ2) is 5.29. The summed E-state index contributed by atoms with van der Waals surface area (Å²) < 4.78 is 1.65. The van der Waals surface area contributed by atoms with Crippen molar-refractivity contribution in [3.05, 3.63) is 46.8 Å². The second-order valence-corrected chi connectivity index (χ2v) is 5.67. The van der Waals surface area contributed by atoms with Crippen LogP contribution in [0.2, 0.25) is 0 Å². The fraction of sp³-hybridized carbons (Fsp3) is 0.400. The molecule has 0 bridgehead atoms. The first-order valence-electron chi connectivity index (χ1n) is 6.96. The fourth-order valence-electron chi connectivity index (χ4n) is 2.66. The van der Waals surface area contributed by atoms with E-state index < -0.39 is 5.97 Å². The van der Waals surface area contributed by atoms with E-state index in [9.17, 15) is 4.79 Å². The average molecular weight is 286 g/mol. The number of benzene rings is 1. The molecule has 0 unspecified atom stereocenters. The Kier molecular flexibility index (Phi) is 3.47. The Hall–Kier alpha value is -2.21. The zero-order valence-corrected chi connectivity index (χ0v) is 12.2. The summed E-state index contributed by atoms with van der Waals surface area (Å²) in [5, 5.41) is 16.4. The zero-order valence-electron chi connectivity index (χ0n) is 12.2. The number of aryl methyl sites for hydroxylation is 2. The van der Waals surface area contributed by atoms with Crippen molar-refractivity contribution >= 4 is 5.97 Å². The van der Waals surface area contributed by atoms with Crippen molar-refractivity contribution in [3.8, 4) is 0 Å². The predicted molar refractivity (Wildman–Crippen MR) is 77.2 cm³/mol. The molecule has 0 aliphatic carbocycles. The van der Waals surface area contributed by atoms with Gasteiger partial charge in [-0.15, -0.1) is 5.10 Å². The number of carboxylic acids is 1. The Morgan fingerprint density at radius 1 is 1.38 bits per heavy atom. The Morgan fingerprint density at radius 2 is 2.14 bits per heavy atom. The Balaban J connectivity index is 1.59. The van der Waals surface area contributed by atoms with Crippen molar-refractivity contribution in [2.24, 2.45) is 0 Å². The minimum absolute atomic E-state index is 0.00262. The second-order valence-electron chi connectivity index (χ2n) is 5.67. The van der Waals surface area contributed by atoms with E-state index in [1.165, 1.54) is 22.9 Å². The number of hydrogen-bond acceptors (Lipinski definition) is 4. The van der Waals surface area contributed by atoms with E-state index in [1.807, 2.05) is 0 Å². The van der Waals surface area contributed by atoms with Crippen LogP contribution in [-0.4, -0.2) is 44.1 Å². The van der Waals surface area contributed by atoms with Gasteiger partial charge in [-0.2, -0.15) is 0 Å². The normalized spacial score (nSPS) is 15.9. The summed E-state index contributed by atoms with van der Waals surface area (Å²) in [6.07, 6.45) is 1.50. The van der Waals surface area contributed by atoms with Crippen molar-refractivity contribution in [3.63, 3.8) is 0 Å². The van der Waals surface area contributed by atoms with E-state index in [0.717, 1.165) is 19.6 Å². The molecule has 2 heterocycles. The Bertz CT molecular complexity index is 674. The number of carbonyl (C=O) groups is 1. The SMILES string of the molecule is Cc1ccc(CN2CC(n3cc(C(=O)O)nn3)C2)c(C)c1. The molecule has 6 heteroatoms. The van der Waals surface area contributed by atoms with Gasteiger partial charge in [0.2, 0.25) is 0 Å². The smallest absolute Gasteiger partial charge is 0.358 e. The van der Waals surface area contributed by atoms with Gasteiger partial charge in [-0.05, 0) is 25.0 Å². The topological polar surface area (TPSA) is 71.2 Å². The lowest BCUT2D eigenvalue weighted by Gasteiger charge is -2.39. The molecule has 1 N–H and O–H groups in total. The molecule has 1 aliphatic rings. The number of hydrogen-bond donors (Lipinski definition) is 1. The number of carboxylic acid groups (broad SMARTS) is 1. The van der Waals surface area contributed by atoms with E-state index in [0.29, 0.717) is 0 Å². The number of rotatable bonds is 4. The third kappa shape index (κ3) is 2.80. The van der Waals surface area contributed by atoms with Crippen molar-refractivity contribution in [2.75, 3.05) is 13.1 Å². The van der Waals surface area contributed by atoms with Crippen LogP contribution in [0.15, 0.2) is 24.4 Å². The molecule has 1 aliphatic heterocycles. The predicted octanol–water partition coefficient (Wildman–Crippen LogP) is 1.65. The number of aromatic carboxylic acids is 1. The summed E-state index contributed by atoms with van der Waals surface area (Å²) in [6, 6.07) is 6.73. The molecule has 0 amide bonds. The highest BCUT2D eigenvalue weighted by atomic mass is 16.4. The quantitative estimate of drug-likeness (QED) is 0.925. The van der Waals surface area contributed by atoms with Crippen LogP contribution in [0.4, 0.5) is 0 Å². The van der Waals surface area contributed by atoms with E-state index in [2.05, 4.69) is 47.3 Å². The van der Waals surface area contributed by atoms with Crippen LogP contribution in [0.5, 0.6) is 0 Å². The summed E-state index contributed by atoms with van der Waals surface area (Å²) in [4.78, 5) is 13.1. The average Bonchev–Trinajstić information content (AvgIpc) is 2.84. The lowest BCUT2D eigenvalue weighted by molar-refractivity contribution is 0.0690. The van der Waals surface area contributed by atoms with Crippen LogP contribution < -0.4 is 0 Å². The van der Waals surface area contributed by atoms with E-state index in [-0.39, 0.29) is 11.7 Å². The maximum atomic E-state index is 10.8. The molecule has 21 heavy (non-hydrogen) atoms. The lowest BCUT2D eigenvalue weighted by atomic mass is 10.0. The van der Waals surface area contributed by atoms with Gasteiger partial charge in [0.25, 0.3) is 0 Å². The van der Waals surface area contributed by atoms with Crippen molar-refractivity contribution < 1.29 is 9.90 Å². The molecule has 1 saturated heterocycles. The van der Waals surface area contributed by atoms with Gasteiger partial charge in [0.15, 0.2) is 5.69 Å². The molecule has 0 saturated carbocycles. The zero-order chi connectivity index (χ0) is 15.0. The Morgan fingerprint density at radius 3 is 2.76 bits per heavy atom. The molecule has 1 aromatic carbocycles. The standard InChI is InChI=1S/C15H18N4O2/c1-10-3-4-12(11(2)5-10)6-18-7-13(8-18)19-9-14(15(20)21)16-17-19/h3-5,9,13H,6-8H2,1-2H3,(H,20,21). The maximum Gasteiger partial charge on any atom is 0.358 e. The van der Waals surface area contributed by atoms with Gasteiger partial charge in [0, 0.05) is 19.6 Å². The fourth-order valence-corrected chi connectivity index (χ4v) is 2.66. The lowest BCUT2D eigenvalue weighted by Crippen LogP contribution is -2.47. The summed E-state index contributed by atoms with van der Waals surface area (Å²) in [7, 11) is 0. The molecule has 1 fully saturated rings. The van der Waals surface area contributed by atoms with E-state index in [1.54, 1.807) is 4.68 Å². The minimum Gasteiger partial charge on any atom is -0.476 e. The third-order valence-corrected chi connectivity index (χ3v) is 3.93. The molecular formula is C15H18N4O2. The van der Waals surface area contributed by atoms with Gasteiger partial charge in [0.1, 0.15) is 0 Å². The van der Waals surface area contributed by atoms with Crippen LogP contribution in [0.3, 0.4) is 0 Å². The number of aromatic nitrogens is 3. The van der Waals surface area contributed by atoms with Crippen LogP contribution in [0.25, 0.3) is 0 Å². The number of likely N-dealkylation sites (tertiary alicyclic amines) is 1. The van der Waals surface area contributed by atoms with Crippen LogP contribution in [0.1, 0.15) is 33.2 Å². The first kappa shape index (κ1) is 13.8. The van der Waals surface area contributed by atoms with Crippen LogP contribution in [0, 0.1) is 13.8 Å². The summed E-state index contributed by atoms with van der Waals surface area (Å²) in [6.45, 7) is 6.89. The highest BCUT2D eigenvalue weighted by Crippen LogP contribution is 2.23. The molecule has 0 spiro atoms. The maximum absolute atomic E-state index is 10.8. The molecule has 3 rings (SSSR count). The summed E-state index contributed by atoms with van der Waals surface area (Å²) >= 11 is 0. The number of nitrogens with zero attached hydrogens (tertiary/aromatic N) is 4. The largest absolute Gasteiger partial charge is 0.476 e. The third-order valence-electron chi connectivity index (χ3n) is 3.93. The van der Waals surface area contributed by atoms with Crippen molar-refractivity contribution in [2.45, 2.75) is 26.4 Å². The highest BCUT2D eigenvalue weighted by Gasteiger charge is 2.29.